The van der Waals surface area contributed by atoms with Gasteiger partial charge in [-0.25, -0.2) is 0 Å². The first-order chi connectivity index (χ1) is 5.70. The fourth-order valence-corrected chi connectivity index (χ4v) is 1.51. The van der Waals surface area contributed by atoms with Gasteiger partial charge in [0.05, 0.1) is 11.4 Å². The Hall–Kier alpha value is -1.32. The number of nitrogens with one attached hydrogen (secondary N) is 2. The lowest BCUT2D eigenvalue weighted by molar-refractivity contribution is 0.189. The zero-order valence-corrected chi connectivity index (χ0v) is 7.56. The Morgan fingerprint density at radius 3 is 2.58 bits per heavy atom. The van der Waals surface area contributed by atoms with E-state index >= 15 is 0 Å². The van der Waals surface area contributed by atoms with E-state index in [9.17, 15) is 0 Å². The Labute approximate surface area is 71.8 Å². The second-order valence-electron chi connectivity index (χ2n) is 3.15. The summed E-state index contributed by atoms with van der Waals surface area (Å²) < 4.78 is 5.50. The van der Waals surface area contributed by atoms with Crippen LogP contribution < -0.4 is 10.9 Å². The molecule has 0 radical (unpaired) electrons. The van der Waals surface area contributed by atoms with E-state index in [1.165, 1.54) is 0 Å². The number of fused-ring (bicyclic) bond motifs is 1. The summed E-state index contributed by atoms with van der Waals surface area (Å²) >= 11 is 0. The Kier molecular flexibility index (Phi) is 1.43. The zero-order chi connectivity index (χ0) is 8.72. The lowest BCUT2D eigenvalue weighted by atomic mass is 10.2. The molecule has 0 aromatic carbocycles. The van der Waals surface area contributed by atoms with Crippen LogP contribution in [0.4, 0.5) is 0 Å². The summed E-state index contributed by atoms with van der Waals surface area (Å²) in [6.45, 7) is 4.66. The highest BCUT2D eigenvalue weighted by atomic mass is 16.5. The monoisotopic (exact) mass is 167 g/mol. The maximum absolute atomic E-state index is 5.50. The summed E-state index contributed by atoms with van der Waals surface area (Å²) in [5.74, 6) is 0.966. The van der Waals surface area contributed by atoms with E-state index < -0.39 is 0 Å². The van der Waals surface area contributed by atoms with Gasteiger partial charge in [-0.05, 0) is 13.8 Å². The molecule has 2 aliphatic heterocycles. The predicted molar refractivity (Wildman–Crippen MR) is 45.4 cm³/mol. The molecule has 0 unspecified atom stereocenters. The summed E-state index contributed by atoms with van der Waals surface area (Å²) in [6.07, 6.45) is 0. The van der Waals surface area contributed by atoms with E-state index in [0.29, 0.717) is 6.73 Å². The molecule has 0 saturated carbocycles. The van der Waals surface area contributed by atoms with Crippen molar-refractivity contribution in [3.8, 4) is 0 Å². The predicted octanol–water partition coefficient (Wildman–Crippen LogP) is 0.477. The smallest absolute Gasteiger partial charge is 0.167 e. The van der Waals surface area contributed by atoms with Gasteiger partial charge in [-0.3, -0.25) is 0 Å². The van der Waals surface area contributed by atoms with Gasteiger partial charge in [0.25, 0.3) is 0 Å². The highest BCUT2D eigenvalue weighted by Gasteiger charge is 2.27. The van der Waals surface area contributed by atoms with Crippen LogP contribution in [0.3, 0.4) is 0 Å². The van der Waals surface area contributed by atoms with Gasteiger partial charge in [0.2, 0.25) is 0 Å². The average Bonchev–Trinajstić information content (AvgIpc) is 2.42. The molecule has 4 heteroatoms. The summed E-state index contributed by atoms with van der Waals surface area (Å²) in [5.41, 5.74) is 9.43. The molecular formula is C8H13N3O. The van der Waals surface area contributed by atoms with Crippen molar-refractivity contribution in [2.24, 2.45) is 0 Å². The van der Waals surface area contributed by atoms with Crippen molar-refractivity contribution in [3.05, 3.63) is 22.9 Å². The van der Waals surface area contributed by atoms with Crippen LogP contribution in [0.1, 0.15) is 13.8 Å². The van der Waals surface area contributed by atoms with Gasteiger partial charge in [-0.1, -0.05) is 0 Å². The van der Waals surface area contributed by atoms with Gasteiger partial charge in [-0.15, -0.1) is 0 Å². The summed E-state index contributed by atoms with van der Waals surface area (Å²) in [6, 6.07) is 0. The second-order valence-corrected chi connectivity index (χ2v) is 3.15. The minimum atomic E-state index is 0.642. The molecule has 1 saturated heterocycles. The first kappa shape index (κ1) is 7.34. The Morgan fingerprint density at radius 1 is 1.25 bits per heavy atom. The highest BCUT2D eigenvalue weighted by molar-refractivity contribution is 5.36. The lowest BCUT2D eigenvalue weighted by Crippen LogP contribution is -2.35. The molecule has 12 heavy (non-hydrogen) atoms. The number of ether oxygens (including phenoxy) is 1. The largest absolute Gasteiger partial charge is 0.469 e. The average molecular weight is 167 g/mol. The summed E-state index contributed by atoms with van der Waals surface area (Å²) in [4.78, 5) is 2.09. The molecule has 2 rings (SSSR count). The minimum absolute atomic E-state index is 0.642. The number of hydrogen-bond acceptors (Lipinski definition) is 4. The fraction of sp³-hybridized carbons (Fsp3) is 0.500. The summed E-state index contributed by atoms with van der Waals surface area (Å²) in [7, 11) is 2.02. The normalized spacial score (nSPS) is 21.8. The van der Waals surface area contributed by atoms with Crippen molar-refractivity contribution in [1.82, 2.24) is 15.8 Å². The fourth-order valence-electron chi connectivity index (χ4n) is 1.51. The highest BCUT2D eigenvalue weighted by Crippen LogP contribution is 2.28. The second kappa shape index (κ2) is 2.33. The van der Waals surface area contributed by atoms with Crippen molar-refractivity contribution in [3.63, 3.8) is 0 Å². The van der Waals surface area contributed by atoms with E-state index in [4.69, 9.17) is 4.74 Å². The van der Waals surface area contributed by atoms with Crippen molar-refractivity contribution < 1.29 is 4.74 Å². The van der Waals surface area contributed by atoms with Crippen LogP contribution in [0.2, 0.25) is 0 Å². The molecule has 2 N–H and O–H groups in total. The molecular weight excluding hydrogens is 154 g/mol. The van der Waals surface area contributed by atoms with Crippen molar-refractivity contribution in [2.45, 2.75) is 13.8 Å². The van der Waals surface area contributed by atoms with Crippen LogP contribution in [-0.4, -0.2) is 18.7 Å². The van der Waals surface area contributed by atoms with Gasteiger partial charge in [0.1, 0.15) is 5.70 Å². The third-order valence-electron chi connectivity index (χ3n) is 2.13. The number of nitrogens with zero attached hydrogens (tertiary/aromatic N) is 1. The van der Waals surface area contributed by atoms with E-state index in [0.717, 1.165) is 22.9 Å². The third kappa shape index (κ3) is 0.841. The number of hydrogen-bond donors (Lipinski definition) is 2. The number of allylic oxidation sites excluding steroid dienone is 2. The van der Waals surface area contributed by atoms with Crippen molar-refractivity contribution >= 4 is 0 Å². The minimum Gasteiger partial charge on any atom is -0.469 e. The number of likely N-dealkylation sites (N-methyl/N-ethyl adjacent to an activating group) is 1. The molecule has 0 amide bonds. The molecule has 1 fully saturated rings. The van der Waals surface area contributed by atoms with E-state index in [1.54, 1.807) is 0 Å². The molecule has 0 aromatic rings. The van der Waals surface area contributed by atoms with Gasteiger partial charge in [-0.2, -0.15) is 0 Å². The Bertz CT molecular complexity index is 280. The molecule has 0 bridgehead atoms. The third-order valence-corrected chi connectivity index (χ3v) is 2.13. The van der Waals surface area contributed by atoms with Gasteiger partial charge in [0.15, 0.2) is 12.5 Å². The Morgan fingerprint density at radius 2 is 1.92 bits per heavy atom. The molecule has 0 aromatic heterocycles. The van der Waals surface area contributed by atoms with Crippen LogP contribution in [-0.2, 0) is 4.74 Å². The SMILES string of the molecule is CC1=C2OCN(C)C2=C(C)NN1. The standard InChI is InChI=1S/C8H13N3O/c1-5-7-8(6(2)10-9-5)12-4-11(7)3/h9-10H,4H2,1-3H3. The molecule has 2 heterocycles. The number of rotatable bonds is 0. The molecule has 0 atom stereocenters. The van der Waals surface area contributed by atoms with Gasteiger partial charge >= 0.3 is 0 Å². The molecule has 2 aliphatic rings. The number of hydrazine groups is 1. The maximum atomic E-state index is 5.50. The van der Waals surface area contributed by atoms with Gasteiger partial charge in [0, 0.05) is 7.05 Å². The molecule has 0 aliphatic carbocycles. The van der Waals surface area contributed by atoms with Crippen LogP contribution in [0.15, 0.2) is 22.9 Å². The zero-order valence-electron chi connectivity index (χ0n) is 7.56. The molecule has 66 valence electrons. The lowest BCUT2D eigenvalue weighted by Gasteiger charge is -2.21. The molecule has 4 nitrogen and oxygen atoms in total. The van der Waals surface area contributed by atoms with Crippen LogP contribution >= 0.6 is 0 Å². The first-order valence-electron chi connectivity index (χ1n) is 3.98. The van der Waals surface area contributed by atoms with Crippen molar-refractivity contribution in [2.75, 3.05) is 13.8 Å². The topological polar surface area (TPSA) is 36.5 Å². The van der Waals surface area contributed by atoms with Crippen LogP contribution in [0, 0.1) is 0 Å². The maximum Gasteiger partial charge on any atom is 0.167 e. The Balaban J connectivity index is 2.47. The van der Waals surface area contributed by atoms with Crippen LogP contribution in [0.5, 0.6) is 0 Å². The van der Waals surface area contributed by atoms with Crippen LogP contribution in [0.25, 0.3) is 0 Å². The van der Waals surface area contributed by atoms with Crippen molar-refractivity contribution in [1.29, 1.82) is 0 Å². The van der Waals surface area contributed by atoms with E-state index in [1.807, 2.05) is 20.9 Å². The summed E-state index contributed by atoms with van der Waals surface area (Å²) in [5, 5.41) is 0. The van der Waals surface area contributed by atoms with E-state index in [-0.39, 0.29) is 0 Å². The van der Waals surface area contributed by atoms with Gasteiger partial charge < -0.3 is 20.5 Å². The molecule has 0 spiro atoms. The van der Waals surface area contributed by atoms with E-state index in [2.05, 4.69) is 15.8 Å². The quantitative estimate of drug-likeness (QED) is 0.550. The first-order valence-corrected chi connectivity index (χ1v) is 3.98.